The van der Waals surface area contributed by atoms with Crippen LogP contribution in [0.4, 0.5) is 5.69 Å². The third kappa shape index (κ3) is 4.76. The fraction of sp³-hybridized carbons (Fsp3) is 0.190. The summed E-state index contributed by atoms with van der Waals surface area (Å²) in [5, 5.41) is 7.10. The van der Waals surface area contributed by atoms with E-state index in [1.54, 1.807) is 43.1 Å². The van der Waals surface area contributed by atoms with E-state index in [1.165, 1.54) is 0 Å². The SMILES string of the molecule is CCOC(=O)c1ccn(-c2cccc(NC(=O)Cc3ccc(OC)cc3)c2)n1. The quantitative estimate of drug-likeness (QED) is 0.637. The average Bonchev–Trinajstić information content (AvgIpc) is 3.19. The van der Waals surface area contributed by atoms with E-state index in [0.29, 0.717) is 12.3 Å². The molecular weight excluding hydrogens is 358 g/mol. The summed E-state index contributed by atoms with van der Waals surface area (Å²) in [5.41, 5.74) is 2.48. The van der Waals surface area contributed by atoms with Gasteiger partial charge in [-0.2, -0.15) is 5.10 Å². The number of nitrogens with zero attached hydrogens (tertiary/aromatic N) is 2. The zero-order valence-electron chi connectivity index (χ0n) is 15.7. The Morgan fingerprint density at radius 2 is 1.89 bits per heavy atom. The number of benzene rings is 2. The number of rotatable bonds is 7. The summed E-state index contributed by atoms with van der Waals surface area (Å²) in [7, 11) is 1.60. The summed E-state index contributed by atoms with van der Waals surface area (Å²) < 4.78 is 11.6. The molecule has 0 bridgehead atoms. The average molecular weight is 379 g/mol. The number of ether oxygens (including phenoxy) is 2. The van der Waals surface area contributed by atoms with Gasteiger partial charge in [-0.3, -0.25) is 4.79 Å². The highest BCUT2D eigenvalue weighted by molar-refractivity contribution is 5.92. The molecule has 3 aromatic rings. The van der Waals surface area contributed by atoms with Gasteiger partial charge in [-0.05, 0) is 48.9 Å². The van der Waals surface area contributed by atoms with Gasteiger partial charge in [0.15, 0.2) is 5.69 Å². The van der Waals surface area contributed by atoms with E-state index in [0.717, 1.165) is 17.0 Å². The lowest BCUT2D eigenvalue weighted by Crippen LogP contribution is -2.14. The molecule has 1 N–H and O–H groups in total. The van der Waals surface area contributed by atoms with Gasteiger partial charge < -0.3 is 14.8 Å². The predicted molar refractivity (Wildman–Crippen MR) is 105 cm³/mol. The summed E-state index contributed by atoms with van der Waals surface area (Å²) in [4.78, 5) is 24.1. The highest BCUT2D eigenvalue weighted by Crippen LogP contribution is 2.16. The van der Waals surface area contributed by atoms with E-state index < -0.39 is 5.97 Å². The Labute approximate surface area is 162 Å². The van der Waals surface area contributed by atoms with Gasteiger partial charge in [-0.15, -0.1) is 0 Å². The molecule has 0 aliphatic carbocycles. The second-order valence-corrected chi connectivity index (χ2v) is 5.99. The molecule has 7 nitrogen and oxygen atoms in total. The lowest BCUT2D eigenvalue weighted by molar-refractivity contribution is -0.115. The van der Waals surface area contributed by atoms with Crippen LogP contribution in [0.25, 0.3) is 5.69 Å². The molecule has 0 spiro atoms. The number of carbonyl (C=O) groups excluding carboxylic acids is 2. The van der Waals surface area contributed by atoms with Crippen LogP contribution in [-0.2, 0) is 16.0 Å². The van der Waals surface area contributed by atoms with Crippen molar-refractivity contribution in [3.8, 4) is 11.4 Å². The Morgan fingerprint density at radius 3 is 2.61 bits per heavy atom. The molecular formula is C21H21N3O4. The van der Waals surface area contributed by atoms with Gasteiger partial charge in [0.25, 0.3) is 0 Å². The van der Waals surface area contributed by atoms with E-state index in [9.17, 15) is 9.59 Å². The molecule has 0 aliphatic rings. The molecule has 144 valence electrons. The van der Waals surface area contributed by atoms with Crippen molar-refractivity contribution in [2.45, 2.75) is 13.3 Å². The molecule has 0 saturated carbocycles. The maximum absolute atomic E-state index is 12.3. The Hall–Kier alpha value is -3.61. The highest BCUT2D eigenvalue weighted by atomic mass is 16.5. The molecule has 2 aromatic carbocycles. The third-order valence-corrected chi connectivity index (χ3v) is 3.99. The van der Waals surface area contributed by atoms with Crippen molar-refractivity contribution in [3.63, 3.8) is 0 Å². The van der Waals surface area contributed by atoms with Crippen molar-refractivity contribution in [1.82, 2.24) is 9.78 Å². The largest absolute Gasteiger partial charge is 0.497 e. The van der Waals surface area contributed by atoms with Crippen molar-refractivity contribution in [2.24, 2.45) is 0 Å². The Kier molecular flexibility index (Phi) is 6.06. The van der Waals surface area contributed by atoms with Gasteiger partial charge in [0, 0.05) is 11.9 Å². The van der Waals surface area contributed by atoms with Crippen molar-refractivity contribution in [3.05, 3.63) is 72.1 Å². The molecule has 0 aliphatic heterocycles. The molecule has 0 radical (unpaired) electrons. The molecule has 0 saturated heterocycles. The zero-order valence-corrected chi connectivity index (χ0v) is 15.7. The van der Waals surface area contributed by atoms with Crippen LogP contribution in [0.2, 0.25) is 0 Å². The van der Waals surface area contributed by atoms with Gasteiger partial charge in [0.1, 0.15) is 5.75 Å². The minimum absolute atomic E-state index is 0.130. The van der Waals surface area contributed by atoms with E-state index in [2.05, 4.69) is 10.4 Å². The number of anilines is 1. The Balaban J connectivity index is 1.67. The summed E-state index contributed by atoms with van der Waals surface area (Å²) in [5.74, 6) is 0.151. The molecule has 0 fully saturated rings. The maximum atomic E-state index is 12.3. The first kappa shape index (κ1) is 19.2. The number of amides is 1. The van der Waals surface area contributed by atoms with Crippen molar-refractivity contribution < 1.29 is 19.1 Å². The minimum atomic E-state index is -0.467. The van der Waals surface area contributed by atoms with Crippen LogP contribution in [-0.4, -0.2) is 35.4 Å². The minimum Gasteiger partial charge on any atom is -0.497 e. The van der Waals surface area contributed by atoms with Crippen LogP contribution < -0.4 is 10.1 Å². The fourth-order valence-electron chi connectivity index (χ4n) is 2.64. The second-order valence-electron chi connectivity index (χ2n) is 5.99. The van der Waals surface area contributed by atoms with E-state index >= 15 is 0 Å². The normalized spacial score (nSPS) is 10.4. The summed E-state index contributed by atoms with van der Waals surface area (Å²) in [6.45, 7) is 2.04. The number of aromatic nitrogens is 2. The molecule has 7 heteroatoms. The number of carbonyl (C=O) groups is 2. The van der Waals surface area contributed by atoms with E-state index in [-0.39, 0.29) is 18.0 Å². The molecule has 28 heavy (non-hydrogen) atoms. The van der Waals surface area contributed by atoms with Crippen LogP contribution in [0.5, 0.6) is 5.75 Å². The van der Waals surface area contributed by atoms with Crippen molar-refractivity contribution in [2.75, 3.05) is 19.0 Å². The smallest absolute Gasteiger partial charge is 0.358 e. The van der Waals surface area contributed by atoms with Gasteiger partial charge in [-0.25, -0.2) is 9.48 Å². The molecule has 1 aromatic heterocycles. The Morgan fingerprint density at radius 1 is 1.11 bits per heavy atom. The van der Waals surface area contributed by atoms with Crippen LogP contribution in [0.1, 0.15) is 23.0 Å². The van der Waals surface area contributed by atoms with Crippen molar-refractivity contribution in [1.29, 1.82) is 0 Å². The first-order chi connectivity index (χ1) is 13.6. The van der Waals surface area contributed by atoms with Crippen LogP contribution >= 0.6 is 0 Å². The first-order valence-corrected chi connectivity index (χ1v) is 8.85. The number of methoxy groups -OCH3 is 1. The number of hydrogen-bond donors (Lipinski definition) is 1. The van der Waals surface area contributed by atoms with Crippen molar-refractivity contribution >= 4 is 17.6 Å². The van der Waals surface area contributed by atoms with Crippen LogP contribution in [0.3, 0.4) is 0 Å². The maximum Gasteiger partial charge on any atom is 0.358 e. The highest BCUT2D eigenvalue weighted by Gasteiger charge is 2.11. The number of esters is 1. The van der Waals surface area contributed by atoms with E-state index in [1.807, 2.05) is 36.4 Å². The molecule has 1 amide bonds. The number of hydrogen-bond acceptors (Lipinski definition) is 5. The van der Waals surface area contributed by atoms with Crippen LogP contribution in [0, 0.1) is 0 Å². The summed E-state index contributed by atoms with van der Waals surface area (Å²) in [6.07, 6.45) is 1.92. The predicted octanol–water partition coefficient (Wildman–Crippen LogP) is 3.24. The summed E-state index contributed by atoms with van der Waals surface area (Å²) >= 11 is 0. The monoisotopic (exact) mass is 379 g/mol. The van der Waals surface area contributed by atoms with Gasteiger partial charge in [-0.1, -0.05) is 18.2 Å². The standard InChI is InChI=1S/C21H21N3O4/c1-3-28-21(26)19-11-12-24(23-19)17-6-4-5-16(14-17)22-20(25)13-15-7-9-18(27-2)10-8-15/h4-12,14H,3,13H2,1-2H3,(H,22,25). The van der Waals surface area contributed by atoms with Crippen LogP contribution in [0.15, 0.2) is 60.8 Å². The number of nitrogens with one attached hydrogen (secondary N) is 1. The Bertz CT molecular complexity index is 964. The molecule has 0 atom stereocenters. The molecule has 3 rings (SSSR count). The fourth-order valence-corrected chi connectivity index (χ4v) is 2.64. The third-order valence-electron chi connectivity index (χ3n) is 3.99. The summed E-state index contributed by atoms with van der Waals surface area (Å²) in [6, 6.07) is 16.2. The molecule has 0 unspecified atom stereocenters. The lowest BCUT2D eigenvalue weighted by Gasteiger charge is -2.08. The van der Waals surface area contributed by atoms with Gasteiger partial charge in [0.2, 0.25) is 5.91 Å². The van der Waals surface area contributed by atoms with Gasteiger partial charge >= 0.3 is 5.97 Å². The zero-order chi connectivity index (χ0) is 19.9. The molecule has 1 heterocycles. The second kappa shape index (κ2) is 8.85. The topological polar surface area (TPSA) is 82.5 Å². The lowest BCUT2D eigenvalue weighted by atomic mass is 10.1. The van der Waals surface area contributed by atoms with E-state index in [4.69, 9.17) is 9.47 Å². The van der Waals surface area contributed by atoms with Gasteiger partial charge in [0.05, 0.1) is 25.8 Å². The first-order valence-electron chi connectivity index (χ1n) is 8.85.